The minimum Gasteiger partial charge on any atom is -0.326 e. The molecule has 1 aromatic heterocycles. The van der Waals surface area contributed by atoms with Crippen molar-refractivity contribution in [3.05, 3.63) is 211 Å². The van der Waals surface area contributed by atoms with Crippen LogP contribution in [0.5, 0.6) is 0 Å². The summed E-state index contributed by atoms with van der Waals surface area (Å²) in [6, 6.07) is 63.1. The number of nitrogens with zero attached hydrogens (tertiary/aromatic N) is 2. The van der Waals surface area contributed by atoms with E-state index in [4.69, 9.17) is 0 Å². The summed E-state index contributed by atoms with van der Waals surface area (Å²) in [6.07, 6.45) is 7.11. The predicted octanol–water partition coefficient (Wildman–Crippen LogP) is 6.53. The van der Waals surface area contributed by atoms with Gasteiger partial charge < -0.3 is 4.57 Å². The molecule has 7 aromatic rings. The van der Waals surface area contributed by atoms with Crippen molar-refractivity contribution in [2.24, 2.45) is 5.92 Å². The molecule has 236 valence electrons. The van der Waals surface area contributed by atoms with E-state index in [0.29, 0.717) is 12.6 Å². The average Bonchev–Trinajstić information content (AvgIpc) is 3.69. The molecular formula is C44H43BN2Si. The zero-order valence-electron chi connectivity index (χ0n) is 27.9. The first-order valence-corrected chi connectivity index (χ1v) is 18.4. The van der Waals surface area contributed by atoms with Crippen LogP contribution in [0, 0.1) is 5.92 Å². The molecule has 0 atom stereocenters. The third kappa shape index (κ3) is 7.84. The second-order valence-electron chi connectivity index (χ2n) is 12.8. The normalized spacial score (nSPS) is 11.3. The molecule has 2 nitrogen and oxygen atoms in total. The lowest BCUT2D eigenvalue weighted by atomic mass is 9.37. The number of rotatable bonds is 10. The molecule has 7 rings (SSSR count). The minimum absolute atomic E-state index is 0.213. The molecule has 0 bridgehead atoms. The highest BCUT2D eigenvalue weighted by molar-refractivity contribution is 6.95. The van der Waals surface area contributed by atoms with Crippen molar-refractivity contribution >= 4 is 37.8 Å². The molecule has 0 aliphatic carbocycles. The van der Waals surface area contributed by atoms with E-state index in [9.17, 15) is 0 Å². The van der Waals surface area contributed by atoms with Gasteiger partial charge in [-0.05, 0) is 29.0 Å². The Hall–Kier alpha value is -5.19. The maximum Gasteiger partial charge on any atom is 0.241 e. The van der Waals surface area contributed by atoms with E-state index >= 15 is 0 Å². The zero-order valence-corrected chi connectivity index (χ0v) is 29.4. The van der Waals surface area contributed by atoms with Crippen LogP contribution in [-0.4, -0.2) is 25.8 Å². The number of aromatic nitrogens is 2. The first-order valence-electron chi connectivity index (χ1n) is 17.0. The van der Waals surface area contributed by atoms with Crippen LogP contribution in [0.1, 0.15) is 30.5 Å². The van der Waals surface area contributed by atoms with Crippen LogP contribution in [-0.2, 0) is 11.6 Å². The number of benzene rings is 6. The first-order chi connectivity index (χ1) is 23.6. The third-order valence-electron chi connectivity index (χ3n) is 8.94. The molecule has 0 spiro atoms. The Kier molecular flexibility index (Phi) is 11.0. The maximum atomic E-state index is 4.42. The van der Waals surface area contributed by atoms with Gasteiger partial charge in [0.2, 0.25) is 6.71 Å². The first kappa shape index (κ1) is 32.7. The lowest BCUT2D eigenvalue weighted by molar-refractivity contribution is 0.596. The monoisotopic (exact) mass is 638 g/mol. The Bertz CT molecular complexity index is 1800. The van der Waals surface area contributed by atoms with Gasteiger partial charge in [-0.25, -0.2) is 4.98 Å². The summed E-state index contributed by atoms with van der Waals surface area (Å²) in [7, 11) is -0.802. The Morgan fingerprint density at radius 3 is 1.46 bits per heavy atom. The fraction of sp³-hybridized carbons (Fsp3) is 0.114. The van der Waals surface area contributed by atoms with E-state index in [2.05, 4.69) is 206 Å². The summed E-state index contributed by atoms with van der Waals surface area (Å²) in [4.78, 5) is 4.42. The lowest BCUT2D eigenvalue weighted by Crippen LogP contribution is -2.51. The van der Waals surface area contributed by atoms with Crippen LogP contribution in [0.3, 0.4) is 0 Å². The smallest absolute Gasteiger partial charge is 0.241 e. The summed E-state index contributed by atoms with van der Waals surface area (Å²) in [5, 5.41) is 1.26. The highest BCUT2D eigenvalue weighted by atomic mass is 28.2. The molecule has 0 saturated heterocycles. The summed E-state index contributed by atoms with van der Waals surface area (Å²) in [5.74, 6) is 0.661. The molecule has 0 aliphatic heterocycles. The quantitative estimate of drug-likeness (QED) is 0.156. The van der Waals surface area contributed by atoms with Crippen LogP contribution < -0.4 is 21.6 Å². The van der Waals surface area contributed by atoms with Gasteiger partial charge in [-0.1, -0.05) is 211 Å². The van der Waals surface area contributed by atoms with Gasteiger partial charge in [0.05, 0.1) is 21.0 Å². The van der Waals surface area contributed by atoms with E-state index in [0.717, 1.165) is 6.42 Å². The van der Waals surface area contributed by atoms with Crippen molar-refractivity contribution in [2.75, 3.05) is 0 Å². The second-order valence-corrected chi connectivity index (χ2v) is 15.0. The molecule has 1 heterocycles. The molecule has 0 amide bonds. The van der Waals surface area contributed by atoms with E-state index in [1.165, 1.54) is 38.3 Å². The van der Waals surface area contributed by atoms with Gasteiger partial charge in [-0.3, -0.25) is 0 Å². The van der Waals surface area contributed by atoms with Crippen LogP contribution in [0.2, 0.25) is 0 Å². The highest BCUT2D eigenvalue weighted by Crippen LogP contribution is 2.33. The van der Waals surface area contributed by atoms with Crippen molar-refractivity contribution in [1.82, 2.24) is 9.55 Å². The van der Waals surface area contributed by atoms with Crippen molar-refractivity contribution < 1.29 is 0 Å². The lowest BCUT2D eigenvalue weighted by Gasteiger charge is -2.37. The molecule has 4 heteroatoms. The third-order valence-corrected chi connectivity index (χ3v) is 11.5. The maximum absolute atomic E-state index is 4.42. The fourth-order valence-electron chi connectivity index (χ4n) is 6.82. The summed E-state index contributed by atoms with van der Waals surface area (Å²) >= 11 is 0. The zero-order chi connectivity index (χ0) is 33.0. The van der Waals surface area contributed by atoms with Crippen LogP contribution in [0.25, 0.3) is 0 Å². The fourth-order valence-corrected chi connectivity index (χ4v) is 9.28. The van der Waals surface area contributed by atoms with E-state index in [1.807, 2.05) is 12.5 Å². The number of hydrogen-bond acceptors (Lipinski definition) is 1. The van der Waals surface area contributed by atoms with Crippen molar-refractivity contribution in [2.45, 2.75) is 25.4 Å². The highest BCUT2D eigenvalue weighted by Gasteiger charge is 2.36. The molecule has 0 unspecified atom stereocenters. The van der Waals surface area contributed by atoms with Gasteiger partial charge in [0.25, 0.3) is 0 Å². The molecule has 48 heavy (non-hydrogen) atoms. The molecular weight excluding hydrogens is 595 g/mol. The van der Waals surface area contributed by atoms with Gasteiger partial charge in [0.1, 0.15) is 0 Å². The van der Waals surface area contributed by atoms with Crippen molar-refractivity contribution in [3.63, 3.8) is 0 Å². The van der Waals surface area contributed by atoms with Crippen molar-refractivity contribution in [1.29, 1.82) is 0 Å². The number of hydrogen-bond donors (Lipinski definition) is 0. The van der Waals surface area contributed by atoms with Gasteiger partial charge in [0.15, 0.2) is 0 Å². The Morgan fingerprint density at radius 2 is 1.04 bits per heavy atom. The molecule has 0 aliphatic rings. The topological polar surface area (TPSA) is 17.8 Å². The average molecular weight is 639 g/mol. The van der Waals surface area contributed by atoms with Crippen LogP contribution in [0.15, 0.2) is 195 Å². The molecule has 0 saturated carbocycles. The summed E-state index contributed by atoms with van der Waals surface area (Å²) in [5.41, 5.74) is 8.08. The van der Waals surface area contributed by atoms with Gasteiger partial charge in [0, 0.05) is 12.4 Å². The predicted molar refractivity (Wildman–Crippen MR) is 208 cm³/mol. The van der Waals surface area contributed by atoms with Crippen LogP contribution in [0.4, 0.5) is 0 Å². The number of imidazole rings is 1. The SMILES string of the molecule is CC(C)Cc1cccc([SiH2]C(c2ccccc2)(c2ccccc2)n2ccnc2)c1.c1ccc(B(c2ccccc2)c2ccccc2)cc1. The Morgan fingerprint density at radius 1 is 0.583 bits per heavy atom. The van der Waals surface area contributed by atoms with Gasteiger partial charge in [-0.2, -0.15) is 0 Å². The second kappa shape index (κ2) is 16.1. The summed E-state index contributed by atoms with van der Waals surface area (Å²) in [6.45, 7) is 4.88. The van der Waals surface area contributed by atoms with Crippen LogP contribution >= 0.6 is 0 Å². The molecule has 0 radical (unpaired) electrons. The minimum atomic E-state index is -0.802. The standard InChI is InChI=1S/C26H28N2Si.C18H15B/c1-21(2)18-22-10-9-15-25(19-22)29-26(28-17-16-27-20-28,23-11-5-3-6-12-23)24-13-7-4-8-14-24;1-4-10-16(11-5-1)19(17-12-6-2-7-13-17)18-14-8-3-9-15-18/h3-17,19-21H,18,29H2,1-2H3;1-15H. The largest absolute Gasteiger partial charge is 0.326 e. The summed E-state index contributed by atoms with van der Waals surface area (Å²) < 4.78 is 2.32. The van der Waals surface area contributed by atoms with E-state index in [1.54, 1.807) is 0 Å². The molecule has 0 fully saturated rings. The van der Waals surface area contributed by atoms with E-state index in [-0.39, 0.29) is 5.16 Å². The van der Waals surface area contributed by atoms with Gasteiger partial charge >= 0.3 is 0 Å². The van der Waals surface area contributed by atoms with Crippen molar-refractivity contribution in [3.8, 4) is 0 Å². The van der Waals surface area contributed by atoms with E-state index < -0.39 is 9.52 Å². The molecule has 0 N–H and O–H groups in total. The molecule has 6 aromatic carbocycles. The Balaban J connectivity index is 0.000000182. The Labute approximate surface area is 289 Å². The van der Waals surface area contributed by atoms with Gasteiger partial charge in [-0.15, -0.1) is 0 Å².